The minimum atomic E-state index is -3.76. The Bertz CT molecular complexity index is 1310. The van der Waals surface area contributed by atoms with Crippen LogP contribution in [0.15, 0.2) is 77.8 Å². The number of nitrogens with zero attached hydrogens (tertiary/aromatic N) is 2. The van der Waals surface area contributed by atoms with Crippen LogP contribution in [-0.4, -0.2) is 25.5 Å². The topological polar surface area (TPSA) is 81.2 Å². The van der Waals surface area contributed by atoms with Crippen molar-refractivity contribution in [2.24, 2.45) is 0 Å². The first-order valence-electron chi connectivity index (χ1n) is 9.55. The number of nitrogens with one attached hydrogen (secondary N) is 1. The smallest absolute Gasteiger partial charge is 0.203 e. The fraction of sp³-hybridized carbons (Fsp3) is 0.130. The SMILES string of the molecule is COc1ccc(CNc2nc3ccccc3nc2S(=O)(=O)Cc2ccc(Cl)cc2)cc1. The molecule has 1 heterocycles. The van der Waals surface area contributed by atoms with E-state index in [2.05, 4.69) is 15.3 Å². The molecule has 31 heavy (non-hydrogen) atoms. The highest BCUT2D eigenvalue weighted by Gasteiger charge is 2.23. The van der Waals surface area contributed by atoms with Gasteiger partial charge in [0.25, 0.3) is 0 Å². The van der Waals surface area contributed by atoms with Crippen LogP contribution in [0, 0.1) is 0 Å². The van der Waals surface area contributed by atoms with E-state index in [0.29, 0.717) is 28.2 Å². The van der Waals surface area contributed by atoms with Crippen LogP contribution in [0.5, 0.6) is 5.75 Å². The number of sulfone groups is 1. The summed E-state index contributed by atoms with van der Waals surface area (Å²) in [4.78, 5) is 8.99. The summed E-state index contributed by atoms with van der Waals surface area (Å²) < 4.78 is 31.7. The summed E-state index contributed by atoms with van der Waals surface area (Å²) in [5, 5.41) is 3.62. The Morgan fingerprint density at radius 1 is 0.871 bits per heavy atom. The van der Waals surface area contributed by atoms with Crippen LogP contribution in [0.1, 0.15) is 11.1 Å². The van der Waals surface area contributed by atoms with Gasteiger partial charge in [-0.2, -0.15) is 0 Å². The van der Waals surface area contributed by atoms with Crippen molar-refractivity contribution in [2.45, 2.75) is 17.3 Å². The number of methoxy groups -OCH3 is 1. The highest BCUT2D eigenvalue weighted by Crippen LogP contribution is 2.25. The summed E-state index contributed by atoms with van der Waals surface area (Å²) in [5.41, 5.74) is 2.72. The largest absolute Gasteiger partial charge is 0.497 e. The predicted molar refractivity (Wildman–Crippen MR) is 122 cm³/mol. The molecule has 0 saturated heterocycles. The number of benzene rings is 3. The van der Waals surface area contributed by atoms with Gasteiger partial charge in [0.15, 0.2) is 10.8 Å². The molecule has 6 nitrogen and oxygen atoms in total. The number of rotatable bonds is 7. The Hall–Kier alpha value is -3.16. The summed E-state index contributed by atoms with van der Waals surface area (Å²) >= 11 is 5.92. The second-order valence-corrected chi connectivity index (χ2v) is 9.29. The molecule has 158 valence electrons. The summed E-state index contributed by atoms with van der Waals surface area (Å²) in [5.74, 6) is 0.776. The number of ether oxygens (including phenoxy) is 1. The Labute approximate surface area is 185 Å². The zero-order valence-electron chi connectivity index (χ0n) is 16.7. The van der Waals surface area contributed by atoms with E-state index >= 15 is 0 Å². The van der Waals surface area contributed by atoms with Crippen molar-refractivity contribution in [1.29, 1.82) is 0 Å². The van der Waals surface area contributed by atoms with Crippen molar-refractivity contribution < 1.29 is 13.2 Å². The molecule has 8 heteroatoms. The lowest BCUT2D eigenvalue weighted by atomic mass is 10.2. The molecule has 4 aromatic rings. The summed E-state index contributed by atoms with van der Waals surface area (Å²) in [6, 6.07) is 21.4. The monoisotopic (exact) mass is 453 g/mol. The van der Waals surface area contributed by atoms with Crippen molar-refractivity contribution in [1.82, 2.24) is 9.97 Å². The van der Waals surface area contributed by atoms with Gasteiger partial charge < -0.3 is 10.1 Å². The average Bonchev–Trinajstić information content (AvgIpc) is 2.78. The van der Waals surface area contributed by atoms with Crippen LogP contribution < -0.4 is 10.1 Å². The van der Waals surface area contributed by atoms with Gasteiger partial charge in [-0.25, -0.2) is 18.4 Å². The number of hydrogen-bond acceptors (Lipinski definition) is 6. The first kappa shape index (κ1) is 21.1. The molecule has 0 bridgehead atoms. The normalized spacial score (nSPS) is 11.4. The van der Waals surface area contributed by atoms with Gasteiger partial charge in [-0.3, -0.25) is 0 Å². The fourth-order valence-electron chi connectivity index (χ4n) is 3.11. The Kier molecular flexibility index (Phi) is 6.06. The molecule has 0 aliphatic heterocycles. The number of para-hydroxylation sites is 2. The molecule has 0 atom stereocenters. The molecular formula is C23H20ClN3O3S. The highest BCUT2D eigenvalue weighted by atomic mass is 35.5. The number of anilines is 1. The van der Waals surface area contributed by atoms with E-state index < -0.39 is 9.84 Å². The molecule has 3 aromatic carbocycles. The van der Waals surface area contributed by atoms with Crippen LogP contribution in [0.2, 0.25) is 5.02 Å². The lowest BCUT2D eigenvalue weighted by Crippen LogP contribution is -2.13. The third-order valence-corrected chi connectivity index (χ3v) is 6.56. The van der Waals surface area contributed by atoms with E-state index in [1.165, 1.54) is 0 Å². The molecular weight excluding hydrogens is 434 g/mol. The van der Waals surface area contributed by atoms with Gasteiger partial charge in [-0.15, -0.1) is 0 Å². The van der Waals surface area contributed by atoms with Crippen LogP contribution in [0.4, 0.5) is 5.82 Å². The molecule has 0 amide bonds. The molecule has 0 spiro atoms. The molecule has 1 aromatic heterocycles. The van der Waals surface area contributed by atoms with Crippen molar-refractivity contribution in [3.63, 3.8) is 0 Å². The average molecular weight is 454 g/mol. The van der Waals surface area contributed by atoms with Gasteiger partial charge in [0, 0.05) is 11.6 Å². The van der Waals surface area contributed by atoms with Crippen molar-refractivity contribution in [3.05, 3.63) is 88.9 Å². The lowest BCUT2D eigenvalue weighted by Gasteiger charge is -2.13. The van der Waals surface area contributed by atoms with Crippen LogP contribution >= 0.6 is 11.6 Å². The quantitative estimate of drug-likeness (QED) is 0.429. The molecule has 0 aliphatic rings. The van der Waals surface area contributed by atoms with Crippen LogP contribution in [0.25, 0.3) is 11.0 Å². The third-order valence-electron chi connectivity index (χ3n) is 4.72. The van der Waals surface area contributed by atoms with Gasteiger partial charge in [0.1, 0.15) is 5.75 Å². The van der Waals surface area contributed by atoms with Gasteiger partial charge in [-0.05, 0) is 47.5 Å². The summed E-state index contributed by atoms with van der Waals surface area (Å²) in [7, 11) is -2.16. The number of hydrogen-bond donors (Lipinski definition) is 1. The van der Waals surface area contributed by atoms with Gasteiger partial charge in [0.05, 0.1) is 23.9 Å². The zero-order valence-corrected chi connectivity index (χ0v) is 18.3. The van der Waals surface area contributed by atoms with E-state index in [1.807, 2.05) is 30.3 Å². The standard InChI is InChI=1S/C23H20ClN3O3S/c1-30-19-12-8-16(9-13-19)14-25-22-23(27-21-5-3-2-4-20(21)26-22)31(28,29)15-17-6-10-18(24)11-7-17/h2-13H,14-15H2,1H3,(H,25,26). The summed E-state index contributed by atoms with van der Waals surface area (Å²) in [6.45, 7) is 0.389. The molecule has 0 unspecified atom stereocenters. The molecule has 0 aliphatic carbocycles. The summed E-state index contributed by atoms with van der Waals surface area (Å²) in [6.07, 6.45) is 0. The maximum atomic E-state index is 13.3. The first-order valence-corrected chi connectivity index (χ1v) is 11.6. The number of aromatic nitrogens is 2. The van der Waals surface area contributed by atoms with Crippen molar-refractivity contribution in [2.75, 3.05) is 12.4 Å². The minimum absolute atomic E-state index is 0.0744. The minimum Gasteiger partial charge on any atom is -0.497 e. The Balaban J connectivity index is 1.69. The molecule has 0 radical (unpaired) electrons. The Morgan fingerprint density at radius 3 is 2.13 bits per heavy atom. The fourth-order valence-corrected chi connectivity index (χ4v) is 4.66. The molecule has 0 saturated carbocycles. The number of fused-ring (bicyclic) bond motifs is 1. The van der Waals surface area contributed by atoms with E-state index in [1.54, 1.807) is 49.6 Å². The van der Waals surface area contributed by atoms with Crippen LogP contribution in [-0.2, 0) is 22.1 Å². The maximum absolute atomic E-state index is 13.3. The maximum Gasteiger partial charge on any atom is 0.203 e. The highest BCUT2D eigenvalue weighted by molar-refractivity contribution is 7.90. The molecule has 1 N–H and O–H groups in total. The van der Waals surface area contributed by atoms with Crippen molar-refractivity contribution in [3.8, 4) is 5.75 Å². The zero-order chi connectivity index (χ0) is 21.8. The van der Waals surface area contributed by atoms with Crippen molar-refractivity contribution >= 4 is 38.3 Å². The van der Waals surface area contributed by atoms with E-state index in [0.717, 1.165) is 11.3 Å². The predicted octanol–water partition coefficient (Wildman–Crippen LogP) is 4.88. The van der Waals surface area contributed by atoms with E-state index in [-0.39, 0.29) is 16.6 Å². The second-order valence-electron chi connectivity index (χ2n) is 6.95. The lowest BCUT2D eigenvalue weighted by molar-refractivity contribution is 0.414. The van der Waals surface area contributed by atoms with Gasteiger partial charge >= 0.3 is 0 Å². The van der Waals surface area contributed by atoms with Gasteiger partial charge in [-0.1, -0.05) is 48.0 Å². The van der Waals surface area contributed by atoms with Crippen LogP contribution in [0.3, 0.4) is 0 Å². The second kappa shape index (κ2) is 8.91. The van der Waals surface area contributed by atoms with E-state index in [9.17, 15) is 8.42 Å². The first-order chi connectivity index (χ1) is 14.9. The third kappa shape index (κ3) is 4.95. The van der Waals surface area contributed by atoms with Gasteiger partial charge in [0.2, 0.25) is 9.84 Å². The molecule has 0 fully saturated rings. The van der Waals surface area contributed by atoms with E-state index in [4.69, 9.17) is 16.3 Å². The number of halogens is 1. The molecule has 4 rings (SSSR count). The Morgan fingerprint density at radius 2 is 1.48 bits per heavy atom.